The van der Waals surface area contributed by atoms with E-state index in [1.54, 1.807) is 5.01 Å². The summed E-state index contributed by atoms with van der Waals surface area (Å²) < 4.78 is 0. The largest absolute Gasteiger partial charge is 0.274 e. The highest BCUT2D eigenvalue weighted by molar-refractivity contribution is 5.24. The van der Waals surface area contributed by atoms with Crippen LogP contribution < -0.4 is 0 Å². The number of hydrazone groups is 1. The molecule has 2 heteroatoms. The van der Waals surface area contributed by atoms with Gasteiger partial charge in [0.15, 0.2) is 0 Å². The second-order valence-electron chi connectivity index (χ2n) is 4.13. The van der Waals surface area contributed by atoms with Gasteiger partial charge < -0.3 is 0 Å². The van der Waals surface area contributed by atoms with E-state index in [4.69, 9.17) is 0 Å². The predicted molar refractivity (Wildman–Crippen MR) is 55.1 cm³/mol. The fraction of sp³-hybridized carbons (Fsp3) is 0.700. The Balaban J connectivity index is 4.81. The van der Waals surface area contributed by atoms with Crippen LogP contribution in [0.3, 0.4) is 0 Å². The fourth-order valence-corrected chi connectivity index (χ4v) is 0.891. The van der Waals surface area contributed by atoms with Crippen molar-refractivity contribution in [2.45, 2.75) is 34.6 Å². The first-order valence-electron chi connectivity index (χ1n) is 4.19. The highest BCUT2D eigenvalue weighted by Crippen LogP contribution is 2.28. The van der Waals surface area contributed by atoms with E-state index in [9.17, 15) is 0 Å². The lowest BCUT2D eigenvalue weighted by Gasteiger charge is -2.25. The van der Waals surface area contributed by atoms with Crippen molar-refractivity contribution in [2.75, 3.05) is 7.05 Å². The molecule has 2 nitrogen and oxygen atoms in total. The number of nitrogens with zero attached hydrogens (tertiary/aromatic N) is 2. The van der Waals surface area contributed by atoms with Crippen molar-refractivity contribution in [3.63, 3.8) is 0 Å². The Hall–Kier alpha value is -0.790. The molecule has 0 bridgehead atoms. The minimum Gasteiger partial charge on any atom is -0.274 e. The van der Waals surface area contributed by atoms with Crippen LogP contribution >= 0.6 is 0 Å². The van der Waals surface area contributed by atoms with Gasteiger partial charge >= 0.3 is 0 Å². The molecule has 0 aromatic carbocycles. The quantitative estimate of drug-likeness (QED) is 0.457. The third kappa shape index (κ3) is 2.68. The lowest BCUT2D eigenvalue weighted by Crippen LogP contribution is -2.16. The van der Waals surface area contributed by atoms with Crippen LogP contribution in [-0.2, 0) is 0 Å². The van der Waals surface area contributed by atoms with Gasteiger partial charge in [-0.3, -0.25) is 5.01 Å². The van der Waals surface area contributed by atoms with Crippen LogP contribution in [0.25, 0.3) is 0 Å². The topological polar surface area (TPSA) is 15.6 Å². The first kappa shape index (κ1) is 11.2. The maximum Gasteiger partial charge on any atom is 0.0328 e. The van der Waals surface area contributed by atoms with Gasteiger partial charge in [0.05, 0.1) is 0 Å². The molecule has 70 valence electrons. The summed E-state index contributed by atoms with van der Waals surface area (Å²) in [7, 11) is 1.91. The third-order valence-electron chi connectivity index (χ3n) is 2.37. The van der Waals surface area contributed by atoms with Crippen LogP contribution in [0.2, 0.25) is 0 Å². The van der Waals surface area contributed by atoms with Gasteiger partial charge in [-0.05, 0) is 24.8 Å². The maximum absolute atomic E-state index is 3.85. The van der Waals surface area contributed by atoms with E-state index in [1.165, 1.54) is 11.3 Å². The smallest absolute Gasteiger partial charge is 0.0328 e. The summed E-state index contributed by atoms with van der Waals surface area (Å²) in [6, 6.07) is 0. The molecule has 0 fully saturated rings. The van der Waals surface area contributed by atoms with Gasteiger partial charge in [0.1, 0.15) is 0 Å². The van der Waals surface area contributed by atoms with Crippen LogP contribution in [0.1, 0.15) is 34.6 Å². The Morgan fingerprint density at radius 1 is 1.25 bits per heavy atom. The van der Waals surface area contributed by atoms with Crippen LogP contribution in [0, 0.1) is 5.41 Å². The summed E-state index contributed by atoms with van der Waals surface area (Å²) in [6.45, 7) is 14.3. The predicted octanol–water partition coefficient (Wildman–Crippen LogP) is 2.87. The molecule has 0 amide bonds. The minimum absolute atomic E-state index is 0.211. The van der Waals surface area contributed by atoms with E-state index in [0.717, 1.165) is 0 Å². The Bertz CT molecular complexity index is 196. The zero-order chi connectivity index (χ0) is 9.94. The molecule has 0 aliphatic heterocycles. The van der Waals surface area contributed by atoms with Crippen LogP contribution in [0.4, 0.5) is 0 Å². The normalized spacial score (nSPS) is 13.8. The van der Waals surface area contributed by atoms with Gasteiger partial charge in [-0.2, -0.15) is 5.10 Å². The maximum atomic E-state index is 3.85. The van der Waals surface area contributed by atoms with Gasteiger partial charge in [0, 0.05) is 19.5 Å². The molecule has 0 radical (unpaired) electrons. The number of hydrogen-bond acceptors (Lipinski definition) is 2. The second kappa shape index (κ2) is 3.74. The minimum atomic E-state index is 0.211. The monoisotopic (exact) mass is 168 g/mol. The zero-order valence-electron chi connectivity index (χ0n) is 9.10. The lowest BCUT2D eigenvalue weighted by molar-refractivity contribution is 0.411. The van der Waals surface area contributed by atoms with Gasteiger partial charge in [-0.15, -0.1) is 0 Å². The van der Waals surface area contributed by atoms with Crippen molar-refractivity contribution < 1.29 is 0 Å². The number of allylic oxidation sites excluding steroid dienone is 2. The van der Waals surface area contributed by atoms with Crippen molar-refractivity contribution in [3.05, 3.63) is 11.3 Å². The molecular weight excluding hydrogens is 148 g/mol. The Morgan fingerprint density at radius 2 is 1.67 bits per heavy atom. The molecule has 0 rings (SSSR count). The van der Waals surface area contributed by atoms with Gasteiger partial charge in [0.2, 0.25) is 0 Å². The summed E-state index contributed by atoms with van der Waals surface area (Å²) in [5.41, 5.74) is 2.73. The summed E-state index contributed by atoms with van der Waals surface area (Å²) >= 11 is 0. The number of hydrogen-bond donors (Lipinski definition) is 0. The van der Waals surface area contributed by atoms with E-state index < -0.39 is 0 Å². The van der Waals surface area contributed by atoms with Gasteiger partial charge in [-0.1, -0.05) is 20.8 Å². The van der Waals surface area contributed by atoms with Crippen molar-refractivity contribution in [1.29, 1.82) is 0 Å². The first-order valence-corrected chi connectivity index (χ1v) is 4.19. The molecule has 0 aromatic heterocycles. The van der Waals surface area contributed by atoms with Gasteiger partial charge in [-0.25, -0.2) is 0 Å². The molecule has 12 heavy (non-hydrogen) atoms. The van der Waals surface area contributed by atoms with E-state index in [1.807, 2.05) is 7.05 Å². The Morgan fingerprint density at radius 3 is 1.92 bits per heavy atom. The Kier molecular flexibility index (Phi) is 3.50. The summed E-state index contributed by atoms with van der Waals surface area (Å²) in [6.07, 6.45) is 0. The molecule has 0 saturated heterocycles. The molecule has 0 N–H and O–H groups in total. The molecule has 0 unspecified atom stereocenters. The van der Waals surface area contributed by atoms with Gasteiger partial charge in [0.25, 0.3) is 0 Å². The highest BCUT2D eigenvalue weighted by atomic mass is 15.4. The summed E-state index contributed by atoms with van der Waals surface area (Å²) in [4.78, 5) is 0. The van der Waals surface area contributed by atoms with E-state index in [-0.39, 0.29) is 5.41 Å². The van der Waals surface area contributed by atoms with E-state index >= 15 is 0 Å². The molecule has 0 saturated carbocycles. The first-order chi connectivity index (χ1) is 5.30. The summed E-state index contributed by atoms with van der Waals surface area (Å²) in [5.74, 6) is 0. The van der Waals surface area contributed by atoms with Crippen LogP contribution in [0.5, 0.6) is 0 Å². The van der Waals surface area contributed by atoms with E-state index in [2.05, 4.69) is 46.4 Å². The lowest BCUT2D eigenvalue weighted by atomic mass is 9.86. The molecule has 0 atom stereocenters. The molecule has 0 aliphatic carbocycles. The molecule has 0 aromatic rings. The molecule has 0 heterocycles. The van der Waals surface area contributed by atoms with Crippen molar-refractivity contribution in [1.82, 2.24) is 5.01 Å². The standard InChI is InChI=1S/C10H20N2/c1-8(10(3,4)5)9(2)12(7)11-6/h6H2,1-5,7H3/b9-8+. The van der Waals surface area contributed by atoms with Crippen molar-refractivity contribution in [2.24, 2.45) is 10.5 Å². The molecule has 0 aliphatic rings. The second-order valence-corrected chi connectivity index (χ2v) is 4.13. The molecular formula is C10H20N2. The van der Waals surface area contributed by atoms with E-state index in [0.29, 0.717) is 0 Å². The Labute approximate surface area is 76.0 Å². The SMILES string of the molecule is C=NN(C)/C(C)=C(\C)C(C)(C)C. The zero-order valence-corrected chi connectivity index (χ0v) is 9.10. The number of rotatable bonds is 2. The van der Waals surface area contributed by atoms with Crippen LogP contribution in [0.15, 0.2) is 16.4 Å². The molecule has 0 spiro atoms. The van der Waals surface area contributed by atoms with Crippen molar-refractivity contribution in [3.8, 4) is 0 Å². The highest BCUT2D eigenvalue weighted by Gasteiger charge is 2.16. The summed E-state index contributed by atoms with van der Waals surface area (Å²) in [5, 5.41) is 5.65. The average molecular weight is 168 g/mol. The fourth-order valence-electron chi connectivity index (χ4n) is 0.891. The average Bonchev–Trinajstić information content (AvgIpc) is 1.98. The van der Waals surface area contributed by atoms with Crippen LogP contribution in [-0.4, -0.2) is 18.8 Å². The third-order valence-corrected chi connectivity index (χ3v) is 2.37. The van der Waals surface area contributed by atoms with Crippen molar-refractivity contribution >= 4 is 6.72 Å².